The summed E-state index contributed by atoms with van der Waals surface area (Å²) in [5.74, 6) is 0.129. The fourth-order valence-corrected chi connectivity index (χ4v) is 4.34. The van der Waals surface area contributed by atoms with E-state index in [0.29, 0.717) is 35.8 Å². The van der Waals surface area contributed by atoms with E-state index in [0.717, 1.165) is 16.8 Å². The van der Waals surface area contributed by atoms with Crippen molar-refractivity contribution in [1.29, 1.82) is 0 Å². The number of rotatable bonds is 6. The number of hydrogen-bond donors (Lipinski definition) is 2. The molecule has 0 saturated carbocycles. The molecule has 1 saturated heterocycles. The minimum atomic E-state index is -0.508. The number of carbonyl (C=O) groups is 3. The Hall–Kier alpha value is -4.33. The lowest BCUT2D eigenvalue weighted by Crippen LogP contribution is -2.29. The average molecular weight is 472 g/mol. The van der Waals surface area contributed by atoms with Gasteiger partial charge in [0.1, 0.15) is 0 Å². The predicted octanol–water partition coefficient (Wildman–Crippen LogP) is 3.65. The monoisotopic (exact) mass is 471 g/mol. The van der Waals surface area contributed by atoms with Crippen molar-refractivity contribution in [1.82, 2.24) is 5.32 Å². The Morgan fingerprint density at radius 3 is 2.63 bits per heavy atom. The molecule has 178 valence electrons. The van der Waals surface area contributed by atoms with Crippen LogP contribution in [0.2, 0.25) is 0 Å². The highest BCUT2D eigenvalue weighted by Gasteiger charge is 2.36. The first kappa shape index (κ1) is 22.5. The van der Waals surface area contributed by atoms with Crippen LogP contribution in [0.3, 0.4) is 0 Å². The molecule has 2 heterocycles. The number of anilines is 2. The van der Waals surface area contributed by atoms with Crippen molar-refractivity contribution in [2.75, 3.05) is 23.6 Å². The first-order chi connectivity index (χ1) is 17.0. The molecular weight excluding hydrogens is 446 g/mol. The predicted molar refractivity (Wildman–Crippen MR) is 130 cm³/mol. The van der Waals surface area contributed by atoms with Gasteiger partial charge in [-0.15, -0.1) is 0 Å². The Kier molecular flexibility index (Phi) is 6.10. The Bertz CT molecular complexity index is 1310. The normalized spacial score (nSPS) is 16.3. The smallest absolute Gasteiger partial charge is 0.253 e. The van der Waals surface area contributed by atoms with Gasteiger partial charge in [0.25, 0.3) is 5.91 Å². The van der Waals surface area contributed by atoms with Crippen LogP contribution in [0.5, 0.6) is 11.5 Å². The van der Waals surface area contributed by atoms with Crippen LogP contribution in [0.1, 0.15) is 27.9 Å². The fraction of sp³-hybridized carbons (Fsp3) is 0.222. The second-order valence-electron chi connectivity index (χ2n) is 8.60. The number of benzene rings is 3. The van der Waals surface area contributed by atoms with Gasteiger partial charge in [-0.3, -0.25) is 14.4 Å². The number of ether oxygens (including phenoxy) is 2. The largest absolute Gasteiger partial charge is 0.454 e. The SMILES string of the molecule is Cc1ccccc1N1C[C@@H](C(=O)Nc2ccccc2C(=O)NCc2ccc3c(c2)OCO3)CC1=O. The Morgan fingerprint density at radius 2 is 1.77 bits per heavy atom. The summed E-state index contributed by atoms with van der Waals surface area (Å²) in [6.07, 6.45) is 0.124. The van der Waals surface area contributed by atoms with E-state index >= 15 is 0 Å². The number of amides is 3. The van der Waals surface area contributed by atoms with Crippen molar-refractivity contribution >= 4 is 29.1 Å². The second kappa shape index (κ2) is 9.50. The van der Waals surface area contributed by atoms with Gasteiger partial charge in [-0.25, -0.2) is 0 Å². The van der Waals surface area contributed by atoms with E-state index in [1.54, 1.807) is 35.2 Å². The van der Waals surface area contributed by atoms with Crippen molar-refractivity contribution in [3.05, 3.63) is 83.4 Å². The fourth-order valence-electron chi connectivity index (χ4n) is 4.34. The number of para-hydroxylation sites is 2. The van der Waals surface area contributed by atoms with Gasteiger partial charge >= 0.3 is 0 Å². The van der Waals surface area contributed by atoms with E-state index < -0.39 is 5.92 Å². The molecule has 3 amide bonds. The van der Waals surface area contributed by atoms with Crippen LogP contribution in [0, 0.1) is 12.8 Å². The van der Waals surface area contributed by atoms with Crippen molar-refractivity contribution < 1.29 is 23.9 Å². The van der Waals surface area contributed by atoms with Gasteiger partial charge in [0, 0.05) is 25.2 Å². The minimum Gasteiger partial charge on any atom is -0.454 e. The number of nitrogens with one attached hydrogen (secondary N) is 2. The summed E-state index contributed by atoms with van der Waals surface area (Å²) in [4.78, 5) is 40.2. The van der Waals surface area contributed by atoms with E-state index in [-0.39, 0.29) is 30.9 Å². The van der Waals surface area contributed by atoms with Gasteiger partial charge in [0.2, 0.25) is 18.6 Å². The third-order valence-corrected chi connectivity index (χ3v) is 6.22. The maximum atomic E-state index is 13.0. The lowest BCUT2D eigenvalue weighted by atomic mass is 10.1. The zero-order valence-corrected chi connectivity index (χ0v) is 19.2. The second-order valence-corrected chi connectivity index (χ2v) is 8.60. The lowest BCUT2D eigenvalue weighted by molar-refractivity contribution is -0.122. The van der Waals surface area contributed by atoms with Crippen LogP contribution in [-0.2, 0) is 16.1 Å². The molecule has 3 aromatic carbocycles. The van der Waals surface area contributed by atoms with E-state index in [1.165, 1.54) is 0 Å². The van der Waals surface area contributed by atoms with Crippen LogP contribution in [0.4, 0.5) is 11.4 Å². The summed E-state index contributed by atoms with van der Waals surface area (Å²) in [5.41, 5.74) is 3.41. The Labute approximate surface area is 202 Å². The number of carbonyl (C=O) groups excluding carboxylic acids is 3. The van der Waals surface area contributed by atoms with Gasteiger partial charge < -0.3 is 25.0 Å². The van der Waals surface area contributed by atoms with Crippen molar-refractivity contribution in [2.45, 2.75) is 19.9 Å². The summed E-state index contributed by atoms with van der Waals surface area (Å²) in [7, 11) is 0. The highest BCUT2D eigenvalue weighted by atomic mass is 16.7. The molecule has 2 aliphatic heterocycles. The summed E-state index contributed by atoms with van der Waals surface area (Å²) >= 11 is 0. The number of nitrogens with zero attached hydrogens (tertiary/aromatic N) is 1. The highest BCUT2D eigenvalue weighted by Crippen LogP contribution is 2.32. The molecule has 0 aliphatic carbocycles. The highest BCUT2D eigenvalue weighted by molar-refractivity contribution is 6.07. The number of aryl methyl sites for hydroxylation is 1. The molecule has 5 rings (SSSR count). The quantitative estimate of drug-likeness (QED) is 0.572. The molecular formula is C27H25N3O5. The van der Waals surface area contributed by atoms with Gasteiger partial charge in [0.15, 0.2) is 11.5 Å². The van der Waals surface area contributed by atoms with E-state index in [1.807, 2.05) is 43.3 Å². The Morgan fingerprint density at radius 1 is 1.00 bits per heavy atom. The van der Waals surface area contributed by atoms with Gasteiger partial charge in [-0.05, 0) is 48.4 Å². The molecule has 2 aliphatic rings. The zero-order chi connectivity index (χ0) is 24.4. The first-order valence-corrected chi connectivity index (χ1v) is 11.4. The van der Waals surface area contributed by atoms with E-state index in [2.05, 4.69) is 10.6 Å². The van der Waals surface area contributed by atoms with Crippen LogP contribution in [0.15, 0.2) is 66.7 Å². The molecule has 0 bridgehead atoms. The maximum Gasteiger partial charge on any atom is 0.253 e. The molecule has 2 N–H and O–H groups in total. The number of fused-ring (bicyclic) bond motifs is 1. The minimum absolute atomic E-state index is 0.0887. The van der Waals surface area contributed by atoms with Crippen molar-refractivity contribution in [3.8, 4) is 11.5 Å². The van der Waals surface area contributed by atoms with Crippen LogP contribution >= 0.6 is 0 Å². The zero-order valence-electron chi connectivity index (χ0n) is 19.2. The molecule has 0 unspecified atom stereocenters. The molecule has 3 aromatic rings. The summed E-state index contributed by atoms with van der Waals surface area (Å²) < 4.78 is 10.7. The third-order valence-electron chi connectivity index (χ3n) is 6.22. The topological polar surface area (TPSA) is 97.0 Å². The molecule has 1 fully saturated rings. The molecule has 35 heavy (non-hydrogen) atoms. The van der Waals surface area contributed by atoms with Crippen LogP contribution in [-0.4, -0.2) is 31.1 Å². The molecule has 0 spiro atoms. The third kappa shape index (κ3) is 4.68. The van der Waals surface area contributed by atoms with Crippen LogP contribution in [0.25, 0.3) is 0 Å². The van der Waals surface area contributed by atoms with Crippen molar-refractivity contribution in [2.24, 2.45) is 5.92 Å². The standard InChI is InChI=1S/C27H25N3O5/c1-17-6-2-5-9-22(17)30-15-19(13-25(30)31)26(32)29-21-8-4-3-7-20(21)27(33)28-14-18-10-11-23-24(12-18)35-16-34-23/h2-12,19H,13-16H2,1H3,(H,28,33)(H,29,32)/t19-/m0/s1. The van der Waals surface area contributed by atoms with E-state index in [9.17, 15) is 14.4 Å². The summed E-state index contributed by atoms with van der Waals surface area (Å²) in [6.45, 7) is 2.72. The van der Waals surface area contributed by atoms with Gasteiger partial charge in [-0.1, -0.05) is 36.4 Å². The summed E-state index contributed by atoms with van der Waals surface area (Å²) in [6, 6.07) is 19.9. The molecule has 0 aromatic heterocycles. The molecule has 8 heteroatoms. The maximum absolute atomic E-state index is 13.0. The van der Waals surface area contributed by atoms with Crippen molar-refractivity contribution in [3.63, 3.8) is 0 Å². The average Bonchev–Trinajstić information content (AvgIpc) is 3.49. The van der Waals surface area contributed by atoms with Gasteiger partial charge in [-0.2, -0.15) is 0 Å². The van der Waals surface area contributed by atoms with E-state index in [4.69, 9.17) is 9.47 Å². The molecule has 1 atom stereocenters. The summed E-state index contributed by atoms with van der Waals surface area (Å²) in [5, 5.41) is 5.74. The molecule has 8 nitrogen and oxygen atoms in total. The first-order valence-electron chi connectivity index (χ1n) is 11.4. The molecule has 0 radical (unpaired) electrons. The Balaban J connectivity index is 1.24. The van der Waals surface area contributed by atoms with Gasteiger partial charge in [0.05, 0.1) is 17.2 Å². The van der Waals surface area contributed by atoms with Crippen LogP contribution < -0.4 is 25.0 Å². The number of hydrogen-bond acceptors (Lipinski definition) is 5. The lowest BCUT2D eigenvalue weighted by Gasteiger charge is -2.19.